The Morgan fingerprint density at radius 1 is 0.508 bits per heavy atom. The third kappa shape index (κ3) is 29.7. The van der Waals surface area contributed by atoms with E-state index in [0.29, 0.717) is 19.3 Å². The summed E-state index contributed by atoms with van der Waals surface area (Å²) < 4.78 is 33.5. The second kappa shape index (κ2) is 37.2. The third-order valence-electron chi connectivity index (χ3n) is 10.6. The van der Waals surface area contributed by atoms with Gasteiger partial charge >= 0.3 is 19.8 Å². The average Bonchev–Trinajstić information content (AvgIpc) is 3.24. The van der Waals surface area contributed by atoms with Gasteiger partial charge in [-0.25, -0.2) is 4.57 Å². The lowest BCUT2D eigenvalue weighted by Gasteiger charge is -2.41. The molecule has 6 unspecified atom stereocenters. The fourth-order valence-electron chi connectivity index (χ4n) is 6.83. The molecule has 8 atom stereocenters. The lowest BCUT2D eigenvalue weighted by Crippen LogP contribution is -2.64. The van der Waals surface area contributed by atoms with E-state index in [1.54, 1.807) is 0 Å². The van der Waals surface area contributed by atoms with Crippen molar-refractivity contribution < 1.29 is 63.1 Å². The van der Waals surface area contributed by atoms with E-state index in [1.165, 1.54) is 83.5 Å². The number of hydrogen-bond acceptors (Lipinski definition) is 12. The monoisotopic (exact) mass is 887 g/mol. The molecule has 1 aliphatic carbocycles. The van der Waals surface area contributed by atoms with Crippen LogP contribution in [0.4, 0.5) is 0 Å². The number of aliphatic hydroxyl groups is 5. The second-order valence-corrected chi connectivity index (χ2v) is 17.7. The van der Waals surface area contributed by atoms with E-state index in [-0.39, 0.29) is 12.8 Å². The van der Waals surface area contributed by atoms with Gasteiger partial charge in [-0.3, -0.25) is 18.6 Å². The molecule has 13 nitrogen and oxygen atoms in total. The molecule has 0 aromatic heterocycles. The Morgan fingerprint density at radius 3 is 1.43 bits per heavy atom. The highest BCUT2D eigenvalue weighted by molar-refractivity contribution is 7.47. The first-order valence-electron chi connectivity index (χ1n) is 23.4. The molecule has 0 saturated heterocycles. The van der Waals surface area contributed by atoms with Crippen LogP contribution in [0.25, 0.3) is 0 Å². The van der Waals surface area contributed by atoms with Gasteiger partial charge in [0.25, 0.3) is 0 Å². The number of carbonyl (C=O) groups is 2. The van der Waals surface area contributed by atoms with Gasteiger partial charge in [-0.2, -0.15) is 0 Å². The van der Waals surface area contributed by atoms with E-state index >= 15 is 0 Å². The smallest absolute Gasteiger partial charge is 0.462 e. The molecule has 0 bridgehead atoms. The lowest BCUT2D eigenvalue weighted by atomic mass is 9.85. The summed E-state index contributed by atoms with van der Waals surface area (Å²) in [6.07, 6.45) is 30.3. The Bertz CT molecular complexity index is 1250. The van der Waals surface area contributed by atoms with E-state index < -0.39 is 75.7 Å². The highest BCUT2D eigenvalue weighted by atomic mass is 31.2. The van der Waals surface area contributed by atoms with Crippen molar-refractivity contribution in [2.45, 2.75) is 224 Å². The number of aliphatic hydroxyl groups excluding tert-OH is 5. The van der Waals surface area contributed by atoms with E-state index in [4.69, 9.17) is 18.5 Å². The van der Waals surface area contributed by atoms with Crippen molar-refractivity contribution in [3.63, 3.8) is 0 Å². The molecule has 14 heteroatoms. The molecule has 0 heterocycles. The summed E-state index contributed by atoms with van der Waals surface area (Å²) in [6, 6.07) is 0. The maximum atomic E-state index is 12.8. The Labute approximate surface area is 367 Å². The standard InChI is InChI=1S/C47H83O13P/c1-3-5-7-9-11-13-15-17-19-20-22-24-26-28-30-32-34-36-41(49)59-39(38-58-61(55,56)60-47-45(53)43(51)42(50)44(52)46(47)54)37-57-40(48)35-33-31-29-27-25-23-21-18-16-14-12-10-8-6-4-2/h14,16-17,19,22,24,28,30,39,42-47,50-54H,3-13,15,18,20-21,23,25-27,29,31-38H2,1-2H3,(H,55,56)/b16-14+,19-17+,24-22+,30-28+/t39-,42?,43+,44?,45?,46?,47?/m1/s1. The maximum Gasteiger partial charge on any atom is 0.472 e. The summed E-state index contributed by atoms with van der Waals surface area (Å²) in [5, 5.41) is 50.1. The van der Waals surface area contributed by atoms with Crippen molar-refractivity contribution in [1.29, 1.82) is 0 Å². The normalized spacial score (nSPS) is 22.4. The number of phosphoric acid groups is 1. The van der Waals surface area contributed by atoms with Gasteiger partial charge in [-0.05, 0) is 70.6 Å². The van der Waals surface area contributed by atoms with Gasteiger partial charge in [-0.15, -0.1) is 0 Å². The number of carbonyl (C=O) groups excluding carboxylic acids is 2. The number of esters is 2. The average molecular weight is 887 g/mol. The first kappa shape index (κ1) is 56.8. The molecule has 0 amide bonds. The zero-order valence-corrected chi connectivity index (χ0v) is 38.3. The first-order chi connectivity index (χ1) is 29.4. The Balaban J connectivity index is 2.50. The zero-order chi connectivity index (χ0) is 45.0. The lowest BCUT2D eigenvalue weighted by molar-refractivity contribution is -0.220. The van der Waals surface area contributed by atoms with E-state index in [1.807, 2.05) is 12.2 Å². The second-order valence-electron chi connectivity index (χ2n) is 16.3. The van der Waals surface area contributed by atoms with Crippen molar-refractivity contribution in [3.8, 4) is 0 Å². The van der Waals surface area contributed by atoms with Crippen LogP contribution in [0.15, 0.2) is 48.6 Å². The number of phosphoric ester groups is 1. The third-order valence-corrected chi connectivity index (χ3v) is 11.6. The molecule has 6 N–H and O–H groups in total. The van der Waals surface area contributed by atoms with Gasteiger partial charge in [0.1, 0.15) is 43.2 Å². The van der Waals surface area contributed by atoms with Crippen molar-refractivity contribution in [2.24, 2.45) is 0 Å². The molecule has 1 aliphatic rings. The van der Waals surface area contributed by atoms with Crippen molar-refractivity contribution >= 4 is 19.8 Å². The Morgan fingerprint density at radius 2 is 0.902 bits per heavy atom. The molecule has 0 aromatic rings. The quantitative estimate of drug-likeness (QED) is 0.0148. The predicted molar refractivity (Wildman–Crippen MR) is 239 cm³/mol. The molecular weight excluding hydrogens is 803 g/mol. The van der Waals surface area contributed by atoms with E-state index in [2.05, 4.69) is 50.3 Å². The van der Waals surface area contributed by atoms with Crippen LogP contribution in [0.1, 0.15) is 181 Å². The Kier molecular flexibility index (Phi) is 34.7. The number of ether oxygens (including phenoxy) is 2. The Hall–Kier alpha value is -2.19. The molecular formula is C47H83O13P. The van der Waals surface area contributed by atoms with Gasteiger partial charge in [0, 0.05) is 12.8 Å². The van der Waals surface area contributed by atoms with Crippen LogP contribution in [-0.2, 0) is 32.7 Å². The molecule has 1 fully saturated rings. The van der Waals surface area contributed by atoms with Crippen LogP contribution in [0.3, 0.4) is 0 Å². The van der Waals surface area contributed by atoms with Crippen molar-refractivity contribution in [2.75, 3.05) is 13.2 Å². The predicted octanol–water partition coefficient (Wildman–Crippen LogP) is 9.17. The van der Waals surface area contributed by atoms with Crippen molar-refractivity contribution in [3.05, 3.63) is 48.6 Å². The van der Waals surface area contributed by atoms with Crippen LogP contribution in [0, 0.1) is 0 Å². The number of hydrogen-bond donors (Lipinski definition) is 6. The maximum absolute atomic E-state index is 12.8. The van der Waals surface area contributed by atoms with E-state index in [9.17, 15) is 44.6 Å². The number of unbranched alkanes of at least 4 members (excludes halogenated alkanes) is 18. The fourth-order valence-corrected chi connectivity index (χ4v) is 7.80. The minimum Gasteiger partial charge on any atom is -0.462 e. The minimum absolute atomic E-state index is 0.0235. The fraction of sp³-hybridized carbons (Fsp3) is 0.787. The molecule has 1 rings (SSSR count). The van der Waals surface area contributed by atoms with Gasteiger partial charge < -0.3 is 39.9 Å². The summed E-state index contributed by atoms with van der Waals surface area (Å²) in [4.78, 5) is 35.7. The summed E-state index contributed by atoms with van der Waals surface area (Å²) in [5.74, 6) is -1.17. The summed E-state index contributed by atoms with van der Waals surface area (Å²) >= 11 is 0. The van der Waals surface area contributed by atoms with Crippen LogP contribution < -0.4 is 0 Å². The summed E-state index contributed by atoms with van der Waals surface area (Å²) in [7, 11) is -5.13. The molecule has 0 aliphatic heterocycles. The van der Waals surface area contributed by atoms with Crippen LogP contribution >= 0.6 is 7.82 Å². The van der Waals surface area contributed by atoms with Gasteiger partial charge in [0.05, 0.1) is 6.61 Å². The SMILES string of the molecule is CCCCCC/C=C/CCCCCCCCCC(=O)OC[C@H](COP(=O)(O)OC1C(O)C(O)C(O)[C@H](O)C1O)OC(=O)CCC/C=C/C/C=C/C/C=C/CCCCCCCC. The van der Waals surface area contributed by atoms with Gasteiger partial charge in [0.15, 0.2) is 6.10 Å². The van der Waals surface area contributed by atoms with Crippen LogP contribution in [0.5, 0.6) is 0 Å². The molecule has 354 valence electrons. The first-order valence-corrected chi connectivity index (χ1v) is 24.9. The minimum atomic E-state index is -5.13. The zero-order valence-electron chi connectivity index (χ0n) is 37.4. The highest BCUT2D eigenvalue weighted by Crippen LogP contribution is 2.47. The van der Waals surface area contributed by atoms with E-state index in [0.717, 1.165) is 51.4 Å². The van der Waals surface area contributed by atoms with Crippen molar-refractivity contribution in [1.82, 2.24) is 0 Å². The highest BCUT2D eigenvalue weighted by Gasteiger charge is 2.51. The topological polar surface area (TPSA) is 210 Å². The van der Waals surface area contributed by atoms with Gasteiger partial charge in [0.2, 0.25) is 0 Å². The van der Waals surface area contributed by atoms with Crippen LogP contribution in [-0.4, -0.2) is 98.3 Å². The molecule has 0 aromatic carbocycles. The largest absolute Gasteiger partial charge is 0.472 e. The summed E-state index contributed by atoms with van der Waals surface area (Å²) in [5.41, 5.74) is 0. The number of allylic oxidation sites excluding steroid dienone is 8. The summed E-state index contributed by atoms with van der Waals surface area (Å²) in [6.45, 7) is 3.23. The molecule has 61 heavy (non-hydrogen) atoms. The number of rotatable bonds is 38. The molecule has 0 spiro atoms. The van der Waals surface area contributed by atoms with Crippen LogP contribution in [0.2, 0.25) is 0 Å². The molecule has 0 radical (unpaired) electrons. The van der Waals surface area contributed by atoms with Gasteiger partial charge in [-0.1, -0.05) is 146 Å². The molecule has 1 saturated carbocycles.